The van der Waals surface area contributed by atoms with Gasteiger partial charge in [0.2, 0.25) is 0 Å². The number of rotatable bonds is 7. The van der Waals surface area contributed by atoms with Crippen LogP contribution in [0.2, 0.25) is 0 Å². The maximum atomic E-state index is 3.78. The van der Waals surface area contributed by atoms with Crippen LogP contribution in [0, 0.1) is 6.92 Å². The Morgan fingerprint density at radius 1 is 1.20 bits per heavy atom. The third-order valence-electron chi connectivity index (χ3n) is 1.39. The van der Waals surface area contributed by atoms with E-state index in [9.17, 15) is 0 Å². The zero-order valence-electron chi connectivity index (χ0n) is 6.73. The van der Waals surface area contributed by atoms with Gasteiger partial charge in [-0.1, -0.05) is 32.3 Å². The summed E-state index contributed by atoms with van der Waals surface area (Å²) in [5.41, 5.74) is 0. The van der Waals surface area contributed by atoms with Crippen molar-refractivity contribution in [2.45, 2.75) is 25.7 Å². The first-order valence-corrected chi connectivity index (χ1v) is 4.02. The minimum Gasteiger partial charge on any atom is -0.313 e. The topological polar surface area (TPSA) is 12.0 Å². The van der Waals surface area contributed by atoms with Crippen molar-refractivity contribution in [1.29, 1.82) is 0 Å². The summed E-state index contributed by atoms with van der Waals surface area (Å²) in [5.74, 6) is 0. The lowest BCUT2D eigenvalue weighted by atomic mass is 10.2. The van der Waals surface area contributed by atoms with Crippen molar-refractivity contribution in [3.8, 4) is 0 Å². The highest BCUT2D eigenvalue weighted by atomic mass is 14.8. The Hall–Kier alpha value is -0.300. The van der Waals surface area contributed by atoms with Crippen LogP contribution in [0.15, 0.2) is 12.7 Å². The molecule has 1 nitrogen and oxygen atoms in total. The molecule has 0 fully saturated rings. The highest BCUT2D eigenvalue weighted by Crippen LogP contribution is 1.96. The molecule has 1 radical (unpaired) electrons. The third kappa shape index (κ3) is 7.70. The summed E-state index contributed by atoms with van der Waals surface area (Å²) in [6.07, 6.45) is 6.79. The second kappa shape index (κ2) is 8.70. The standard InChI is InChI=1S/C9H18N/c1-3-5-6-7-9-10-8-4-2/h4,10H,1-3,5-9H2. The van der Waals surface area contributed by atoms with E-state index in [2.05, 4.69) is 18.8 Å². The fourth-order valence-corrected chi connectivity index (χ4v) is 0.808. The largest absolute Gasteiger partial charge is 0.313 e. The van der Waals surface area contributed by atoms with Crippen molar-refractivity contribution >= 4 is 0 Å². The predicted molar refractivity (Wildman–Crippen MR) is 46.9 cm³/mol. The molecule has 0 aromatic rings. The summed E-state index contributed by atoms with van der Waals surface area (Å²) >= 11 is 0. The Labute approximate surface area is 64.5 Å². The van der Waals surface area contributed by atoms with Crippen molar-refractivity contribution in [2.24, 2.45) is 0 Å². The summed E-state index contributed by atoms with van der Waals surface area (Å²) in [4.78, 5) is 0. The number of hydrogen-bond donors (Lipinski definition) is 1. The molecule has 1 heteroatoms. The van der Waals surface area contributed by atoms with Gasteiger partial charge in [-0.05, 0) is 13.0 Å². The third-order valence-corrected chi connectivity index (χ3v) is 1.39. The number of nitrogens with one attached hydrogen (secondary N) is 1. The van der Waals surface area contributed by atoms with Gasteiger partial charge >= 0.3 is 0 Å². The molecule has 0 unspecified atom stereocenters. The van der Waals surface area contributed by atoms with Crippen molar-refractivity contribution < 1.29 is 0 Å². The van der Waals surface area contributed by atoms with Gasteiger partial charge in [-0.3, -0.25) is 0 Å². The van der Waals surface area contributed by atoms with Crippen LogP contribution < -0.4 is 5.32 Å². The molecule has 0 saturated carbocycles. The molecule has 0 atom stereocenters. The highest BCUT2D eigenvalue weighted by Gasteiger charge is 1.85. The Balaban J connectivity index is 2.70. The number of unbranched alkanes of at least 4 members (excludes halogenated alkanes) is 3. The molecule has 0 rings (SSSR count). The van der Waals surface area contributed by atoms with E-state index in [1.165, 1.54) is 19.3 Å². The molecule has 59 valence electrons. The average Bonchev–Trinajstić information content (AvgIpc) is 1.97. The molecule has 10 heavy (non-hydrogen) atoms. The van der Waals surface area contributed by atoms with Crippen LogP contribution >= 0.6 is 0 Å². The molecular formula is C9H18N. The first kappa shape index (κ1) is 9.70. The maximum Gasteiger partial charge on any atom is 0.0132 e. The summed E-state index contributed by atoms with van der Waals surface area (Å²) in [6, 6.07) is 0. The fraction of sp³-hybridized carbons (Fsp3) is 0.667. The van der Waals surface area contributed by atoms with E-state index in [1.54, 1.807) is 0 Å². The molecule has 0 heterocycles. The molecule has 0 aliphatic rings. The van der Waals surface area contributed by atoms with E-state index in [4.69, 9.17) is 0 Å². The van der Waals surface area contributed by atoms with Crippen molar-refractivity contribution in [3.05, 3.63) is 19.6 Å². The van der Waals surface area contributed by atoms with E-state index in [-0.39, 0.29) is 0 Å². The maximum absolute atomic E-state index is 3.78. The molecule has 0 bridgehead atoms. The lowest BCUT2D eigenvalue weighted by molar-refractivity contribution is 0.631. The summed E-state index contributed by atoms with van der Waals surface area (Å²) < 4.78 is 0. The van der Waals surface area contributed by atoms with Gasteiger partial charge in [0.25, 0.3) is 0 Å². The monoisotopic (exact) mass is 140 g/mol. The fourth-order valence-electron chi connectivity index (χ4n) is 0.808. The molecular weight excluding hydrogens is 122 g/mol. The smallest absolute Gasteiger partial charge is 0.0132 e. The Kier molecular flexibility index (Phi) is 8.44. The second-order valence-electron chi connectivity index (χ2n) is 2.41. The molecule has 0 aliphatic carbocycles. The summed E-state index contributed by atoms with van der Waals surface area (Å²) in [6.45, 7) is 9.46. The SMILES string of the molecule is [CH2]CCCCCNCC=C. The van der Waals surface area contributed by atoms with Crippen LogP contribution in [0.4, 0.5) is 0 Å². The first-order chi connectivity index (χ1) is 4.91. The molecule has 0 aliphatic heterocycles. The zero-order chi connectivity index (χ0) is 7.66. The molecule has 0 spiro atoms. The summed E-state index contributed by atoms with van der Waals surface area (Å²) in [7, 11) is 0. The van der Waals surface area contributed by atoms with E-state index in [0.29, 0.717) is 0 Å². The van der Waals surface area contributed by atoms with Crippen LogP contribution in [-0.4, -0.2) is 13.1 Å². The lowest BCUT2D eigenvalue weighted by Gasteiger charge is -1.99. The quantitative estimate of drug-likeness (QED) is 0.422. The molecule has 0 saturated heterocycles. The van der Waals surface area contributed by atoms with E-state index >= 15 is 0 Å². The Morgan fingerprint density at radius 3 is 2.60 bits per heavy atom. The van der Waals surface area contributed by atoms with E-state index in [0.717, 1.165) is 19.5 Å². The van der Waals surface area contributed by atoms with Gasteiger partial charge in [0.15, 0.2) is 0 Å². The number of hydrogen-bond acceptors (Lipinski definition) is 1. The normalized spacial score (nSPS) is 9.70. The van der Waals surface area contributed by atoms with Crippen LogP contribution in [-0.2, 0) is 0 Å². The second-order valence-corrected chi connectivity index (χ2v) is 2.41. The Morgan fingerprint density at radius 2 is 2.00 bits per heavy atom. The molecule has 1 N–H and O–H groups in total. The van der Waals surface area contributed by atoms with Gasteiger partial charge in [-0.2, -0.15) is 0 Å². The molecule has 0 aromatic heterocycles. The van der Waals surface area contributed by atoms with Crippen LogP contribution in [0.5, 0.6) is 0 Å². The van der Waals surface area contributed by atoms with Crippen molar-refractivity contribution in [1.82, 2.24) is 5.32 Å². The highest BCUT2D eigenvalue weighted by molar-refractivity contribution is 4.69. The zero-order valence-corrected chi connectivity index (χ0v) is 6.73. The van der Waals surface area contributed by atoms with Gasteiger partial charge < -0.3 is 5.32 Å². The minimum absolute atomic E-state index is 0.935. The van der Waals surface area contributed by atoms with Gasteiger partial charge in [0, 0.05) is 6.54 Å². The Bertz CT molecular complexity index is 69.1. The van der Waals surface area contributed by atoms with Crippen LogP contribution in [0.3, 0.4) is 0 Å². The van der Waals surface area contributed by atoms with Crippen LogP contribution in [0.1, 0.15) is 25.7 Å². The van der Waals surface area contributed by atoms with E-state index < -0.39 is 0 Å². The van der Waals surface area contributed by atoms with Crippen molar-refractivity contribution in [3.63, 3.8) is 0 Å². The van der Waals surface area contributed by atoms with Crippen LogP contribution in [0.25, 0.3) is 0 Å². The molecule has 0 amide bonds. The van der Waals surface area contributed by atoms with Gasteiger partial charge in [0.1, 0.15) is 0 Å². The predicted octanol–water partition coefficient (Wildman–Crippen LogP) is 2.16. The molecule has 0 aromatic carbocycles. The van der Waals surface area contributed by atoms with Gasteiger partial charge in [0.05, 0.1) is 0 Å². The van der Waals surface area contributed by atoms with Crippen molar-refractivity contribution in [2.75, 3.05) is 13.1 Å². The van der Waals surface area contributed by atoms with Gasteiger partial charge in [-0.15, -0.1) is 6.58 Å². The minimum atomic E-state index is 0.935. The summed E-state index contributed by atoms with van der Waals surface area (Å²) in [5, 5.41) is 3.26. The average molecular weight is 140 g/mol. The van der Waals surface area contributed by atoms with Gasteiger partial charge in [-0.25, -0.2) is 0 Å². The van der Waals surface area contributed by atoms with E-state index in [1.807, 2.05) is 6.08 Å². The lowest BCUT2D eigenvalue weighted by Crippen LogP contribution is -2.14. The first-order valence-electron chi connectivity index (χ1n) is 4.02.